The number of hydrogen-bond donors (Lipinski definition) is 1. The zero-order chi connectivity index (χ0) is 11.4. The lowest BCUT2D eigenvalue weighted by atomic mass is 9.72. The molecule has 0 spiro atoms. The van der Waals surface area contributed by atoms with Crippen molar-refractivity contribution in [2.24, 2.45) is 23.7 Å². The second kappa shape index (κ2) is 5.89. The third-order valence-corrected chi connectivity index (χ3v) is 3.98. The van der Waals surface area contributed by atoms with Crippen molar-refractivity contribution in [3.63, 3.8) is 0 Å². The number of rotatable bonds is 4. The largest absolute Gasteiger partial charge is 0.393 e. The summed E-state index contributed by atoms with van der Waals surface area (Å²) in [5.41, 5.74) is 0. The molecule has 0 bridgehead atoms. The van der Waals surface area contributed by atoms with Gasteiger partial charge in [0.15, 0.2) is 0 Å². The Morgan fingerprint density at radius 3 is 2.33 bits per heavy atom. The summed E-state index contributed by atoms with van der Waals surface area (Å²) in [6.45, 7) is 9.10. The highest BCUT2D eigenvalue weighted by atomic mass is 16.3. The summed E-state index contributed by atoms with van der Waals surface area (Å²) in [6.07, 6.45) is 6.23. The summed E-state index contributed by atoms with van der Waals surface area (Å²) in [6, 6.07) is 0. The van der Waals surface area contributed by atoms with Crippen molar-refractivity contribution in [1.29, 1.82) is 0 Å². The van der Waals surface area contributed by atoms with Crippen LogP contribution in [0.3, 0.4) is 0 Å². The van der Waals surface area contributed by atoms with E-state index in [-0.39, 0.29) is 6.10 Å². The SMILES string of the molecule is CC(C)CCC1CCC(O)C(C(C)C)C1. The normalized spacial score (nSPS) is 32.6. The second-order valence-corrected chi connectivity index (χ2v) is 6.13. The minimum absolute atomic E-state index is 0.0275. The van der Waals surface area contributed by atoms with Gasteiger partial charge in [-0.3, -0.25) is 0 Å². The zero-order valence-corrected chi connectivity index (χ0v) is 10.9. The molecule has 3 unspecified atom stereocenters. The lowest BCUT2D eigenvalue weighted by molar-refractivity contribution is 0.0223. The van der Waals surface area contributed by atoms with Crippen molar-refractivity contribution in [1.82, 2.24) is 0 Å². The zero-order valence-electron chi connectivity index (χ0n) is 10.9. The van der Waals surface area contributed by atoms with Gasteiger partial charge < -0.3 is 5.11 Å². The van der Waals surface area contributed by atoms with Gasteiger partial charge in [0.05, 0.1) is 6.10 Å². The summed E-state index contributed by atoms with van der Waals surface area (Å²) in [5, 5.41) is 9.93. The summed E-state index contributed by atoms with van der Waals surface area (Å²) >= 11 is 0. The molecular formula is C14H28O. The van der Waals surface area contributed by atoms with E-state index in [0.717, 1.165) is 18.3 Å². The molecule has 1 rings (SSSR count). The van der Waals surface area contributed by atoms with Crippen LogP contribution in [0.1, 0.15) is 59.8 Å². The van der Waals surface area contributed by atoms with E-state index in [4.69, 9.17) is 0 Å². The van der Waals surface area contributed by atoms with E-state index in [2.05, 4.69) is 27.7 Å². The Hall–Kier alpha value is -0.0400. The minimum atomic E-state index is -0.0275. The molecule has 0 aromatic carbocycles. The first kappa shape index (κ1) is 13.0. The quantitative estimate of drug-likeness (QED) is 0.750. The molecule has 0 aromatic rings. The molecule has 15 heavy (non-hydrogen) atoms. The summed E-state index contributed by atoms with van der Waals surface area (Å²) in [5.74, 6) is 2.90. The highest BCUT2D eigenvalue weighted by molar-refractivity contribution is 4.81. The van der Waals surface area contributed by atoms with Crippen molar-refractivity contribution < 1.29 is 5.11 Å². The molecule has 90 valence electrons. The molecule has 0 heterocycles. The van der Waals surface area contributed by atoms with Gasteiger partial charge in [0, 0.05) is 0 Å². The van der Waals surface area contributed by atoms with E-state index in [1.54, 1.807) is 0 Å². The number of aliphatic hydroxyl groups excluding tert-OH is 1. The molecule has 1 fully saturated rings. The van der Waals surface area contributed by atoms with Crippen molar-refractivity contribution in [2.45, 2.75) is 65.9 Å². The van der Waals surface area contributed by atoms with Crippen molar-refractivity contribution in [2.75, 3.05) is 0 Å². The van der Waals surface area contributed by atoms with Crippen molar-refractivity contribution in [3.8, 4) is 0 Å². The van der Waals surface area contributed by atoms with Gasteiger partial charge in [-0.15, -0.1) is 0 Å². The molecule has 1 aliphatic carbocycles. The van der Waals surface area contributed by atoms with E-state index >= 15 is 0 Å². The Morgan fingerprint density at radius 1 is 1.13 bits per heavy atom. The lowest BCUT2D eigenvalue weighted by Gasteiger charge is -2.36. The molecule has 1 N–H and O–H groups in total. The maximum Gasteiger partial charge on any atom is 0.0571 e. The molecule has 3 atom stereocenters. The molecule has 1 heteroatoms. The van der Waals surface area contributed by atoms with E-state index < -0.39 is 0 Å². The van der Waals surface area contributed by atoms with Gasteiger partial charge in [-0.1, -0.05) is 40.5 Å². The van der Waals surface area contributed by atoms with Gasteiger partial charge >= 0.3 is 0 Å². The Kier molecular flexibility index (Phi) is 5.11. The molecule has 0 aliphatic heterocycles. The predicted molar refractivity (Wildman–Crippen MR) is 65.7 cm³/mol. The van der Waals surface area contributed by atoms with Crippen molar-refractivity contribution >= 4 is 0 Å². The van der Waals surface area contributed by atoms with Gasteiger partial charge in [0.2, 0.25) is 0 Å². The van der Waals surface area contributed by atoms with Gasteiger partial charge in [0.25, 0.3) is 0 Å². The minimum Gasteiger partial charge on any atom is -0.393 e. The molecule has 0 aromatic heterocycles. The average Bonchev–Trinajstić information content (AvgIpc) is 2.16. The van der Waals surface area contributed by atoms with Crippen molar-refractivity contribution in [3.05, 3.63) is 0 Å². The maximum atomic E-state index is 9.93. The van der Waals surface area contributed by atoms with Crippen LogP contribution in [0.5, 0.6) is 0 Å². The third kappa shape index (κ3) is 4.14. The highest BCUT2D eigenvalue weighted by Crippen LogP contribution is 2.36. The average molecular weight is 212 g/mol. The lowest BCUT2D eigenvalue weighted by Crippen LogP contribution is -2.32. The second-order valence-electron chi connectivity index (χ2n) is 6.13. The molecule has 0 amide bonds. The van der Waals surface area contributed by atoms with Gasteiger partial charge in [0.1, 0.15) is 0 Å². The first-order chi connectivity index (χ1) is 7.00. The van der Waals surface area contributed by atoms with Crippen LogP contribution in [-0.2, 0) is 0 Å². The van der Waals surface area contributed by atoms with Crippen LogP contribution in [-0.4, -0.2) is 11.2 Å². The van der Waals surface area contributed by atoms with Crippen LogP contribution in [0.4, 0.5) is 0 Å². The third-order valence-electron chi connectivity index (χ3n) is 3.98. The fourth-order valence-corrected chi connectivity index (χ4v) is 2.83. The Morgan fingerprint density at radius 2 is 1.80 bits per heavy atom. The van der Waals surface area contributed by atoms with Crippen LogP contribution < -0.4 is 0 Å². The molecular weight excluding hydrogens is 184 g/mol. The molecule has 1 nitrogen and oxygen atoms in total. The van der Waals surface area contributed by atoms with Gasteiger partial charge in [-0.05, 0) is 42.9 Å². The van der Waals surface area contributed by atoms with Crippen LogP contribution in [0.2, 0.25) is 0 Å². The Balaban J connectivity index is 2.36. The maximum absolute atomic E-state index is 9.93. The molecule has 1 aliphatic rings. The fraction of sp³-hybridized carbons (Fsp3) is 1.00. The smallest absolute Gasteiger partial charge is 0.0571 e. The highest BCUT2D eigenvalue weighted by Gasteiger charge is 2.30. The van der Waals surface area contributed by atoms with E-state index in [1.807, 2.05) is 0 Å². The van der Waals surface area contributed by atoms with Crippen LogP contribution in [0, 0.1) is 23.7 Å². The van der Waals surface area contributed by atoms with E-state index in [0.29, 0.717) is 11.8 Å². The fourth-order valence-electron chi connectivity index (χ4n) is 2.83. The monoisotopic (exact) mass is 212 g/mol. The first-order valence-corrected chi connectivity index (χ1v) is 6.68. The summed E-state index contributed by atoms with van der Waals surface area (Å²) < 4.78 is 0. The summed E-state index contributed by atoms with van der Waals surface area (Å²) in [7, 11) is 0. The van der Waals surface area contributed by atoms with Crippen LogP contribution in [0.25, 0.3) is 0 Å². The Bertz CT molecular complexity index is 174. The molecule has 0 radical (unpaired) electrons. The predicted octanol–water partition coefficient (Wildman–Crippen LogP) is 3.86. The van der Waals surface area contributed by atoms with Crippen LogP contribution >= 0.6 is 0 Å². The summed E-state index contributed by atoms with van der Waals surface area (Å²) in [4.78, 5) is 0. The van der Waals surface area contributed by atoms with Gasteiger partial charge in [-0.25, -0.2) is 0 Å². The van der Waals surface area contributed by atoms with Crippen LogP contribution in [0.15, 0.2) is 0 Å². The van der Waals surface area contributed by atoms with Gasteiger partial charge in [-0.2, -0.15) is 0 Å². The topological polar surface area (TPSA) is 20.2 Å². The van der Waals surface area contributed by atoms with E-state index in [9.17, 15) is 5.11 Å². The number of hydrogen-bond acceptors (Lipinski definition) is 1. The Labute approximate surface area is 95.3 Å². The van der Waals surface area contributed by atoms with E-state index in [1.165, 1.54) is 25.7 Å². The standard InChI is InChI=1S/C14H28O/c1-10(2)5-6-12-7-8-14(15)13(9-12)11(3)4/h10-15H,5-9H2,1-4H3. The number of aliphatic hydroxyl groups is 1. The molecule has 0 saturated heterocycles. The first-order valence-electron chi connectivity index (χ1n) is 6.68. The molecule has 1 saturated carbocycles.